The van der Waals surface area contributed by atoms with Crippen LogP contribution in [0.15, 0.2) is 42.7 Å². The van der Waals surface area contributed by atoms with Gasteiger partial charge in [-0.15, -0.1) is 0 Å². The van der Waals surface area contributed by atoms with E-state index >= 15 is 0 Å². The molecule has 3 aliphatic rings. The minimum absolute atomic E-state index is 0.0138. The van der Waals surface area contributed by atoms with Crippen molar-refractivity contribution in [2.45, 2.75) is 50.7 Å². The molecule has 0 saturated carbocycles. The van der Waals surface area contributed by atoms with E-state index in [1.807, 2.05) is 12.3 Å². The number of imidazole rings is 1. The highest BCUT2D eigenvalue weighted by Gasteiger charge is 2.37. The van der Waals surface area contributed by atoms with E-state index in [0.717, 1.165) is 49.6 Å². The first-order valence-corrected chi connectivity index (χ1v) is 12.4. The number of fused-ring (bicyclic) bond motifs is 4. The van der Waals surface area contributed by atoms with Gasteiger partial charge in [0.25, 0.3) is 0 Å². The van der Waals surface area contributed by atoms with E-state index in [0.29, 0.717) is 18.5 Å². The van der Waals surface area contributed by atoms with Crippen LogP contribution in [0.5, 0.6) is 0 Å². The normalized spacial score (nSPS) is 24.7. The zero-order chi connectivity index (χ0) is 23.2. The quantitative estimate of drug-likeness (QED) is 0.638. The zero-order valence-corrected chi connectivity index (χ0v) is 19.7. The van der Waals surface area contributed by atoms with E-state index in [9.17, 15) is 9.90 Å². The van der Waals surface area contributed by atoms with Crippen molar-refractivity contribution >= 4 is 17.6 Å². The van der Waals surface area contributed by atoms with Crippen molar-refractivity contribution in [1.29, 1.82) is 0 Å². The summed E-state index contributed by atoms with van der Waals surface area (Å²) in [6.07, 6.45) is 8.99. The van der Waals surface area contributed by atoms with Crippen molar-refractivity contribution in [1.82, 2.24) is 24.2 Å². The van der Waals surface area contributed by atoms with Gasteiger partial charge in [-0.25, -0.2) is 9.78 Å². The molecule has 6 rings (SSSR count). The maximum absolute atomic E-state index is 11.4. The number of nitrogens with zero attached hydrogens (tertiary/aromatic N) is 6. The van der Waals surface area contributed by atoms with Gasteiger partial charge in [-0.3, -0.25) is 14.3 Å². The summed E-state index contributed by atoms with van der Waals surface area (Å²) < 4.78 is 2.17. The molecule has 8 heteroatoms. The number of hydrogen-bond acceptors (Lipinski definition) is 5. The highest BCUT2D eigenvalue weighted by molar-refractivity contribution is 5.65. The fourth-order valence-electron chi connectivity index (χ4n) is 6.31. The van der Waals surface area contributed by atoms with Crippen molar-refractivity contribution in [2.75, 3.05) is 31.6 Å². The Morgan fingerprint density at radius 3 is 2.97 bits per heavy atom. The van der Waals surface area contributed by atoms with E-state index in [-0.39, 0.29) is 6.04 Å². The average molecular weight is 461 g/mol. The Morgan fingerprint density at radius 2 is 2.09 bits per heavy atom. The largest absolute Gasteiger partial charge is 0.465 e. The predicted molar refractivity (Wildman–Crippen MR) is 130 cm³/mol. The lowest BCUT2D eigenvalue weighted by atomic mass is 9.77. The van der Waals surface area contributed by atoms with Crippen LogP contribution in [0.4, 0.5) is 10.6 Å². The lowest BCUT2D eigenvalue weighted by molar-refractivity contribution is 0.0687. The molecule has 5 heterocycles. The number of aryl methyl sites for hydroxylation is 1. The van der Waals surface area contributed by atoms with Crippen LogP contribution in [-0.2, 0) is 13.0 Å². The molecule has 3 aromatic heterocycles. The van der Waals surface area contributed by atoms with Crippen molar-refractivity contribution in [3.05, 3.63) is 59.7 Å². The van der Waals surface area contributed by atoms with Crippen LogP contribution in [0.3, 0.4) is 0 Å². The summed E-state index contributed by atoms with van der Waals surface area (Å²) in [7, 11) is 1.66. The average Bonchev–Trinajstić information content (AvgIpc) is 3.50. The first kappa shape index (κ1) is 21.4. The maximum Gasteiger partial charge on any atom is 0.407 e. The van der Waals surface area contributed by atoms with Gasteiger partial charge in [0.15, 0.2) is 0 Å². The Morgan fingerprint density at radius 1 is 1.18 bits per heavy atom. The van der Waals surface area contributed by atoms with Crippen molar-refractivity contribution in [3.63, 3.8) is 0 Å². The molecule has 0 aromatic carbocycles. The number of rotatable bonds is 4. The Kier molecular flexibility index (Phi) is 5.40. The highest BCUT2D eigenvalue weighted by Crippen LogP contribution is 2.43. The second kappa shape index (κ2) is 8.58. The molecule has 1 aliphatic carbocycles. The second-order valence-electron chi connectivity index (χ2n) is 10.0. The number of anilines is 1. The number of carbonyl (C=O) groups is 1. The Balaban J connectivity index is 1.26. The summed E-state index contributed by atoms with van der Waals surface area (Å²) in [5.41, 5.74) is 4.70. The number of likely N-dealkylation sites (N-methyl/N-ethyl adjacent to an activating group) is 1. The smallest absolute Gasteiger partial charge is 0.407 e. The number of likely N-dealkylation sites (tertiary alicyclic amines) is 1. The molecule has 1 N–H and O–H groups in total. The molecule has 178 valence electrons. The van der Waals surface area contributed by atoms with Crippen LogP contribution >= 0.6 is 0 Å². The third-order valence-corrected chi connectivity index (χ3v) is 8.07. The zero-order valence-electron chi connectivity index (χ0n) is 19.7. The summed E-state index contributed by atoms with van der Waals surface area (Å²) in [5.74, 6) is 1.76. The number of amides is 1. The minimum atomic E-state index is -0.867. The maximum atomic E-state index is 11.4. The first-order chi connectivity index (χ1) is 16.6. The molecule has 0 radical (unpaired) electrons. The second-order valence-corrected chi connectivity index (χ2v) is 10.0. The lowest BCUT2D eigenvalue weighted by Crippen LogP contribution is -2.41. The molecule has 1 amide bonds. The van der Waals surface area contributed by atoms with Crippen molar-refractivity contribution in [2.24, 2.45) is 5.92 Å². The van der Waals surface area contributed by atoms with Crippen molar-refractivity contribution in [3.8, 4) is 0 Å². The van der Waals surface area contributed by atoms with Gasteiger partial charge in [-0.1, -0.05) is 12.1 Å². The summed E-state index contributed by atoms with van der Waals surface area (Å²) >= 11 is 0. The number of piperidine rings is 1. The molecule has 0 spiro atoms. The molecular weight excluding hydrogens is 428 g/mol. The Hall–Kier alpha value is -3.13. The fraction of sp³-hybridized carbons (Fsp3) is 0.500. The van der Waals surface area contributed by atoms with Crippen LogP contribution in [0.25, 0.3) is 5.65 Å². The van der Waals surface area contributed by atoms with Gasteiger partial charge in [0.1, 0.15) is 11.5 Å². The van der Waals surface area contributed by atoms with Gasteiger partial charge in [0, 0.05) is 39.1 Å². The minimum Gasteiger partial charge on any atom is -0.465 e. The standard InChI is InChI=1S/C26H32N6O2/c1-29(26(33)34)21-11-14-30(17-21)23-8-2-7-22-28-20(16-32(22)23)15-31-13-4-6-19-10-9-18-5-3-12-27-24(18)25(19)31/h2-3,5,7-8,12,16,19,21,25H,4,6,9-11,13-15,17H2,1H3,(H,33,34)/t19-,21?,25-/m0/s1. The van der Waals surface area contributed by atoms with E-state index < -0.39 is 6.09 Å². The third-order valence-electron chi connectivity index (χ3n) is 8.07. The van der Waals surface area contributed by atoms with Crippen LogP contribution < -0.4 is 4.90 Å². The molecule has 2 saturated heterocycles. The van der Waals surface area contributed by atoms with Gasteiger partial charge < -0.3 is 14.9 Å². The van der Waals surface area contributed by atoms with E-state index in [1.165, 1.54) is 35.4 Å². The van der Waals surface area contributed by atoms with Crippen LogP contribution in [-0.4, -0.2) is 68.1 Å². The monoisotopic (exact) mass is 460 g/mol. The van der Waals surface area contributed by atoms with Gasteiger partial charge in [0.05, 0.1) is 23.5 Å². The van der Waals surface area contributed by atoms with Gasteiger partial charge >= 0.3 is 6.09 Å². The van der Waals surface area contributed by atoms with E-state index in [2.05, 4.69) is 44.7 Å². The number of carboxylic acid groups (broad SMARTS) is 1. The summed E-state index contributed by atoms with van der Waals surface area (Å²) in [5, 5.41) is 9.36. The predicted octanol–water partition coefficient (Wildman–Crippen LogP) is 3.82. The number of aromatic nitrogens is 3. The van der Waals surface area contributed by atoms with Gasteiger partial charge in [0.2, 0.25) is 0 Å². The SMILES string of the molecule is CN(C(=O)O)C1CCN(c2cccc3nc(CN4CCC[C@H]5CCc6cccnc6[C@H]54)cn23)C1. The molecule has 0 bridgehead atoms. The molecular formula is C26H32N6O2. The summed E-state index contributed by atoms with van der Waals surface area (Å²) in [4.78, 5) is 27.5. The highest BCUT2D eigenvalue weighted by atomic mass is 16.4. The topological polar surface area (TPSA) is 77.2 Å². The molecule has 1 unspecified atom stereocenters. The Labute approximate surface area is 199 Å². The molecule has 2 fully saturated rings. The van der Waals surface area contributed by atoms with Crippen molar-refractivity contribution < 1.29 is 9.90 Å². The fourth-order valence-corrected chi connectivity index (χ4v) is 6.31. The van der Waals surface area contributed by atoms with Gasteiger partial charge in [-0.05, 0) is 68.3 Å². The molecule has 2 aliphatic heterocycles. The lowest BCUT2D eigenvalue weighted by Gasteiger charge is -2.44. The van der Waals surface area contributed by atoms with Crippen LogP contribution in [0, 0.1) is 5.92 Å². The molecule has 3 aromatic rings. The first-order valence-electron chi connectivity index (χ1n) is 12.4. The summed E-state index contributed by atoms with van der Waals surface area (Å²) in [6, 6.07) is 10.9. The Bertz CT molecular complexity index is 1210. The number of pyridine rings is 2. The molecule has 3 atom stereocenters. The van der Waals surface area contributed by atoms with Gasteiger partial charge in [-0.2, -0.15) is 0 Å². The summed E-state index contributed by atoms with van der Waals surface area (Å²) in [6.45, 7) is 3.44. The number of hydrogen-bond donors (Lipinski definition) is 1. The molecule has 34 heavy (non-hydrogen) atoms. The van der Waals surface area contributed by atoms with E-state index in [4.69, 9.17) is 9.97 Å². The van der Waals surface area contributed by atoms with Crippen LogP contribution in [0.2, 0.25) is 0 Å². The molecule has 8 nitrogen and oxygen atoms in total. The third kappa shape index (κ3) is 3.70. The van der Waals surface area contributed by atoms with Crippen LogP contribution in [0.1, 0.15) is 48.7 Å². The van der Waals surface area contributed by atoms with E-state index in [1.54, 1.807) is 7.05 Å².